The van der Waals surface area contributed by atoms with Gasteiger partial charge in [-0.3, -0.25) is 0 Å². The van der Waals surface area contributed by atoms with E-state index in [9.17, 15) is 0 Å². The SMILES string of the molecule is Cc1c(N)cnc(Nc2ccc(Br)c3ccccc23)c1Br. The Morgan fingerprint density at radius 1 is 1.05 bits per heavy atom. The lowest BCUT2D eigenvalue weighted by Gasteiger charge is -2.13. The minimum Gasteiger partial charge on any atom is -0.397 e. The van der Waals surface area contributed by atoms with Crippen LogP contribution in [0.1, 0.15) is 5.56 Å². The molecular weight excluding hydrogens is 394 g/mol. The van der Waals surface area contributed by atoms with Gasteiger partial charge in [-0.15, -0.1) is 0 Å². The van der Waals surface area contributed by atoms with Gasteiger partial charge >= 0.3 is 0 Å². The van der Waals surface area contributed by atoms with Crippen molar-refractivity contribution in [1.82, 2.24) is 4.98 Å². The molecule has 5 heteroatoms. The number of hydrogen-bond acceptors (Lipinski definition) is 3. The summed E-state index contributed by atoms with van der Waals surface area (Å²) in [5, 5.41) is 5.67. The van der Waals surface area contributed by atoms with E-state index in [1.54, 1.807) is 6.20 Å². The maximum atomic E-state index is 5.87. The molecule has 0 fully saturated rings. The van der Waals surface area contributed by atoms with Crippen molar-refractivity contribution in [3.63, 3.8) is 0 Å². The molecule has 3 nitrogen and oxygen atoms in total. The predicted octanol–water partition coefficient (Wildman–Crippen LogP) is 5.39. The third-order valence-corrected chi connectivity index (χ3v) is 5.09. The second-order valence-corrected chi connectivity index (χ2v) is 6.41. The lowest BCUT2D eigenvalue weighted by molar-refractivity contribution is 1.26. The fraction of sp³-hybridized carbons (Fsp3) is 0.0625. The average molecular weight is 407 g/mol. The number of fused-ring (bicyclic) bond motifs is 1. The number of hydrogen-bond donors (Lipinski definition) is 2. The molecule has 0 atom stereocenters. The van der Waals surface area contributed by atoms with E-state index in [1.807, 2.05) is 31.2 Å². The van der Waals surface area contributed by atoms with Gasteiger partial charge in [-0.1, -0.05) is 40.2 Å². The lowest BCUT2D eigenvalue weighted by atomic mass is 10.1. The van der Waals surface area contributed by atoms with E-state index in [1.165, 1.54) is 0 Å². The van der Waals surface area contributed by atoms with Crippen LogP contribution in [0.15, 0.2) is 51.5 Å². The number of anilines is 3. The molecule has 0 saturated carbocycles. The highest BCUT2D eigenvalue weighted by Crippen LogP contribution is 2.34. The maximum absolute atomic E-state index is 5.87. The predicted molar refractivity (Wildman–Crippen MR) is 96.0 cm³/mol. The van der Waals surface area contributed by atoms with E-state index in [0.717, 1.165) is 36.8 Å². The Balaban J connectivity index is 2.11. The Morgan fingerprint density at radius 2 is 1.76 bits per heavy atom. The minimum atomic E-state index is 0.674. The smallest absolute Gasteiger partial charge is 0.145 e. The molecule has 3 aromatic rings. The zero-order valence-electron chi connectivity index (χ0n) is 11.3. The number of halogens is 2. The fourth-order valence-corrected chi connectivity index (χ4v) is 3.09. The van der Waals surface area contributed by atoms with Crippen LogP contribution >= 0.6 is 31.9 Å². The van der Waals surface area contributed by atoms with E-state index in [2.05, 4.69) is 54.3 Å². The second kappa shape index (κ2) is 5.66. The van der Waals surface area contributed by atoms with E-state index in [4.69, 9.17) is 5.73 Å². The molecule has 3 N–H and O–H groups in total. The first-order chi connectivity index (χ1) is 10.1. The van der Waals surface area contributed by atoms with Gasteiger partial charge < -0.3 is 11.1 Å². The number of aromatic nitrogens is 1. The number of nitrogens with two attached hydrogens (primary N) is 1. The number of nitrogens with one attached hydrogen (secondary N) is 1. The molecule has 0 saturated heterocycles. The standard InChI is InChI=1S/C16H13Br2N3/c1-9-13(19)8-20-16(15(9)18)21-14-7-6-12(17)10-4-2-3-5-11(10)14/h2-8H,19H2,1H3,(H,20,21). The van der Waals surface area contributed by atoms with E-state index >= 15 is 0 Å². The molecule has 0 aliphatic rings. The summed E-state index contributed by atoms with van der Waals surface area (Å²) in [7, 11) is 0. The number of rotatable bonds is 2. The molecule has 0 spiro atoms. The van der Waals surface area contributed by atoms with Gasteiger partial charge in [-0.05, 0) is 45.9 Å². The van der Waals surface area contributed by atoms with Crippen molar-refractivity contribution in [2.75, 3.05) is 11.1 Å². The summed E-state index contributed by atoms with van der Waals surface area (Å²) < 4.78 is 1.96. The quantitative estimate of drug-likeness (QED) is 0.599. The molecule has 0 amide bonds. The van der Waals surface area contributed by atoms with Gasteiger partial charge in [0.05, 0.1) is 16.4 Å². The van der Waals surface area contributed by atoms with Gasteiger partial charge in [0.1, 0.15) is 5.82 Å². The first-order valence-corrected chi connectivity index (χ1v) is 8.01. The van der Waals surface area contributed by atoms with Gasteiger partial charge in [-0.2, -0.15) is 0 Å². The third-order valence-electron chi connectivity index (χ3n) is 3.43. The van der Waals surface area contributed by atoms with Crippen molar-refractivity contribution in [2.24, 2.45) is 0 Å². The summed E-state index contributed by atoms with van der Waals surface area (Å²) in [6, 6.07) is 12.3. The number of nitrogens with zero attached hydrogens (tertiary/aromatic N) is 1. The van der Waals surface area contributed by atoms with Crippen molar-refractivity contribution in [1.29, 1.82) is 0 Å². The molecule has 21 heavy (non-hydrogen) atoms. The fourth-order valence-electron chi connectivity index (χ4n) is 2.18. The van der Waals surface area contributed by atoms with Crippen molar-refractivity contribution in [2.45, 2.75) is 6.92 Å². The summed E-state index contributed by atoms with van der Waals surface area (Å²) in [6.07, 6.45) is 1.67. The van der Waals surface area contributed by atoms with E-state index in [0.29, 0.717) is 5.69 Å². The Labute approximate surface area is 139 Å². The Hall–Kier alpha value is -1.59. The van der Waals surface area contributed by atoms with Gasteiger partial charge in [-0.25, -0.2) is 4.98 Å². The largest absolute Gasteiger partial charge is 0.397 e. The number of benzene rings is 2. The first-order valence-electron chi connectivity index (χ1n) is 6.43. The molecule has 1 aromatic heterocycles. The van der Waals surface area contributed by atoms with Crippen LogP contribution in [0.25, 0.3) is 10.8 Å². The molecule has 0 unspecified atom stereocenters. The zero-order chi connectivity index (χ0) is 15.0. The van der Waals surface area contributed by atoms with Gasteiger partial charge in [0.15, 0.2) is 0 Å². The molecule has 106 valence electrons. The number of nitrogen functional groups attached to an aromatic ring is 1. The first kappa shape index (κ1) is 14.4. The Morgan fingerprint density at radius 3 is 2.52 bits per heavy atom. The Kier molecular flexibility index (Phi) is 3.87. The van der Waals surface area contributed by atoms with Crippen molar-refractivity contribution >= 4 is 59.8 Å². The monoisotopic (exact) mass is 405 g/mol. The van der Waals surface area contributed by atoms with Crippen LogP contribution in [0.2, 0.25) is 0 Å². The molecule has 0 bridgehead atoms. The number of pyridine rings is 1. The van der Waals surface area contributed by atoms with Crippen LogP contribution in [0.4, 0.5) is 17.2 Å². The van der Waals surface area contributed by atoms with Crippen molar-refractivity contribution in [3.8, 4) is 0 Å². The zero-order valence-corrected chi connectivity index (χ0v) is 14.5. The van der Waals surface area contributed by atoms with Crippen LogP contribution < -0.4 is 11.1 Å². The van der Waals surface area contributed by atoms with E-state index in [-0.39, 0.29) is 0 Å². The summed E-state index contributed by atoms with van der Waals surface area (Å²) in [4.78, 5) is 4.37. The molecule has 1 heterocycles. The highest BCUT2D eigenvalue weighted by Gasteiger charge is 2.10. The minimum absolute atomic E-state index is 0.674. The summed E-state index contributed by atoms with van der Waals surface area (Å²) in [6.45, 7) is 1.96. The molecule has 3 rings (SSSR count). The highest BCUT2D eigenvalue weighted by atomic mass is 79.9. The average Bonchev–Trinajstić information content (AvgIpc) is 2.50. The van der Waals surface area contributed by atoms with E-state index < -0.39 is 0 Å². The second-order valence-electron chi connectivity index (χ2n) is 4.77. The van der Waals surface area contributed by atoms with Gasteiger partial charge in [0, 0.05) is 15.5 Å². The van der Waals surface area contributed by atoms with Crippen molar-refractivity contribution < 1.29 is 0 Å². The summed E-state index contributed by atoms with van der Waals surface area (Å²) >= 11 is 7.14. The summed E-state index contributed by atoms with van der Waals surface area (Å²) in [5.41, 5.74) is 8.53. The topological polar surface area (TPSA) is 50.9 Å². The lowest BCUT2D eigenvalue weighted by Crippen LogP contribution is -2.00. The summed E-state index contributed by atoms with van der Waals surface area (Å²) in [5.74, 6) is 0.758. The van der Waals surface area contributed by atoms with Crippen LogP contribution in [0.3, 0.4) is 0 Å². The van der Waals surface area contributed by atoms with Gasteiger partial charge in [0.25, 0.3) is 0 Å². The molecule has 0 aliphatic heterocycles. The maximum Gasteiger partial charge on any atom is 0.145 e. The van der Waals surface area contributed by atoms with Gasteiger partial charge in [0.2, 0.25) is 0 Å². The normalized spacial score (nSPS) is 10.8. The van der Waals surface area contributed by atoms with Crippen LogP contribution in [0, 0.1) is 6.92 Å². The van der Waals surface area contributed by atoms with Crippen LogP contribution in [-0.2, 0) is 0 Å². The van der Waals surface area contributed by atoms with Crippen LogP contribution in [-0.4, -0.2) is 4.98 Å². The molecule has 2 aromatic carbocycles. The highest BCUT2D eigenvalue weighted by molar-refractivity contribution is 9.11. The van der Waals surface area contributed by atoms with Crippen LogP contribution in [0.5, 0.6) is 0 Å². The third kappa shape index (κ3) is 2.63. The van der Waals surface area contributed by atoms with Crippen molar-refractivity contribution in [3.05, 3.63) is 57.1 Å². The molecule has 0 radical (unpaired) electrons. The molecular formula is C16H13Br2N3. The Bertz CT molecular complexity index is 831. The molecule has 0 aliphatic carbocycles.